The van der Waals surface area contributed by atoms with E-state index in [2.05, 4.69) is 146 Å². The summed E-state index contributed by atoms with van der Waals surface area (Å²) in [7, 11) is 0. The first kappa shape index (κ1) is 29.1. The zero-order valence-electron chi connectivity index (χ0n) is 27.6. The van der Waals surface area contributed by atoms with Gasteiger partial charge < -0.3 is 4.42 Å². The number of aromatic nitrogens is 2. The first-order valence-electron chi connectivity index (χ1n) is 17.2. The molecule has 0 fully saturated rings. The van der Waals surface area contributed by atoms with Crippen LogP contribution in [0.1, 0.15) is 0 Å². The Labute approximate surface area is 295 Å². The van der Waals surface area contributed by atoms with E-state index in [-0.39, 0.29) is 0 Å². The van der Waals surface area contributed by atoms with Gasteiger partial charge in [0.15, 0.2) is 5.82 Å². The molecule has 0 bridgehead atoms. The largest absolute Gasteiger partial charge is 0.456 e. The van der Waals surface area contributed by atoms with Gasteiger partial charge >= 0.3 is 0 Å². The Morgan fingerprint density at radius 1 is 0.314 bits per heavy atom. The molecule has 3 heteroatoms. The maximum atomic E-state index is 6.57. The monoisotopic (exact) mass is 650 g/mol. The van der Waals surface area contributed by atoms with Crippen LogP contribution < -0.4 is 0 Å². The van der Waals surface area contributed by atoms with E-state index in [9.17, 15) is 0 Å². The van der Waals surface area contributed by atoms with Gasteiger partial charge in [0, 0.05) is 27.5 Å². The quantitative estimate of drug-likeness (QED) is 0.174. The van der Waals surface area contributed by atoms with E-state index >= 15 is 0 Å². The van der Waals surface area contributed by atoms with Gasteiger partial charge in [0.1, 0.15) is 11.2 Å². The molecular formula is C48H30N2O. The Hall–Kier alpha value is -6.84. The molecule has 0 aliphatic heterocycles. The van der Waals surface area contributed by atoms with Gasteiger partial charge in [0.05, 0.1) is 11.4 Å². The van der Waals surface area contributed by atoms with Crippen LogP contribution in [0.15, 0.2) is 186 Å². The van der Waals surface area contributed by atoms with Gasteiger partial charge in [-0.05, 0) is 86.3 Å². The van der Waals surface area contributed by atoms with Gasteiger partial charge in [0.2, 0.25) is 0 Å². The third kappa shape index (κ3) is 5.15. The molecule has 238 valence electrons. The zero-order chi connectivity index (χ0) is 33.7. The first-order chi connectivity index (χ1) is 25.2. The van der Waals surface area contributed by atoms with Crippen molar-refractivity contribution in [1.82, 2.24) is 9.97 Å². The lowest BCUT2D eigenvalue weighted by Crippen LogP contribution is -1.96. The highest BCUT2D eigenvalue weighted by Crippen LogP contribution is 2.40. The molecule has 10 aromatic rings. The third-order valence-electron chi connectivity index (χ3n) is 9.86. The minimum Gasteiger partial charge on any atom is -0.456 e. The standard InChI is InChI=1S/C48H30N2O/c1-4-12-31(13-5-1)36-26-37(28-38(27-36)44-30-43(33-15-6-2-7-16-33)49-48(50-44)34-17-8-3-9-18-34)35-21-23-42-46(29-35)51-45-25-24-40-39-19-11-10-14-32(39)20-22-41(40)47(42)45/h1-30H. The van der Waals surface area contributed by atoms with Gasteiger partial charge in [-0.1, -0.05) is 140 Å². The summed E-state index contributed by atoms with van der Waals surface area (Å²) in [5, 5.41) is 7.21. The number of hydrogen-bond acceptors (Lipinski definition) is 3. The van der Waals surface area contributed by atoms with Crippen LogP contribution in [-0.2, 0) is 0 Å². The molecule has 10 rings (SSSR count). The Balaban J connectivity index is 1.17. The Morgan fingerprint density at radius 2 is 0.902 bits per heavy atom. The number of benzene rings is 8. The van der Waals surface area contributed by atoms with Gasteiger partial charge in [0.25, 0.3) is 0 Å². The average molecular weight is 651 g/mol. The predicted octanol–water partition coefficient (Wildman–Crippen LogP) is 13.0. The second-order valence-electron chi connectivity index (χ2n) is 13.0. The van der Waals surface area contributed by atoms with E-state index in [1.54, 1.807) is 0 Å². The minimum absolute atomic E-state index is 0.697. The van der Waals surface area contributed by atoms with Gasteiger partial charge in [-0.2, -0.15) is 0 Å². The van der Waals surface area contributed by atoms with Gasteiger partial charge in [-0.3, -0.25) is 0 Å². The average Bonchev–Trinajstić information content (AvgIpc) is 3.60. The molecule has 8 aromatic carbocycles. The number of rotatable bonds is 5. The maximum absolute atomic E-state index is 6.57. The van der Waals surface area contributed by atoms with Crippen molar-refractivity contribution in [3.05, 3.63) is 182 Å². The highest BCUT2D eigenvalue weighted by Gasteiger charge is 2.16. The molecule has 0 saturated carbocycles. The fourth-order valence-electron chi connectivity index (χ4n) is 7.35. The van der Waals surface area contributed by atoms with Crippen molar-refractivity contribution in [3.63, 3.8) is 0 Å². The summed E-state index contributed by atoms with van der Waals surface area (Å²) < 4.78 is 6.57. The van der Waals surface area contributed by atoms with Crippen molar-refractivity contribution in [2.75, 3.05) is 0 Å². The summed E-state index contributed by atoms with van der Waals surface area (Å²) in [5.41, 5.74) is 11.0. The Morgan fingerprint density at radius 3 is 1.67 bits per heavy atom. The molecule has 51 heavy (non-hydrogen) atoms. The van der Waals surface area contributed by atoms with E-state index in [4.69, 9.17) is 14.4 Å². The van der Waals surface area contributed by atoms with Crippen LogP contribution in [0.25, 0.3) is 99.6 Å². The predicted molar refractivity (Wildman–Crippen MR) is 212 cm³/mol. The molecular weight excluding hydrogens is 621 g/mol. The lowest BCUT2D eigenvalue weighted by Gasteiger charge is -2.13. The molecule has 3 nitrogen and oxygen atoms in total. The van der Waals surface area contributed by atoms with Crippen LogP contribution in [0.4, 0.5) is 0 Å². The smallest absolute Gasteiger partial charge is 0.160 e. The summed E-state index contributed by atoms with van der Waals surface area (Å²) in [5.74, 6) is 0.697. The summed E-state index contributed by atoms with van der Waals surface area (Å²) in [4.78, 5) is 10.2. The Bertz CT molecular complexity index is 2840. The van der Waals surface area contributed by atoms with Gasteiger partial charge in [-0.15, -0.1) is 0 Å². The SMILES string of the molecule is c1ccc(-c2cc(-c3ccc4c(c3)oc3ccc5c6ccccc6ccc5c34)cc(-c3cc(-c4ccccc4)nc(-c4ccccc4)n3)c2)cc1. The van der Waals surface area contributed by atoms with Crippen molar-refractivity contribution in [2.24, 2.45) is 0 Å². The molecule has 0 unspecified atom stereocenters. The molecule has 2 aromatic heterocycles. The number of fused-ring (bicyclic) bond motifs is 7. The lowest BCUT2D eigenvalue weighted by atomic mass is 9.93. The van der Waals surface area contributed by atoms with Crippen LogP contribution in [0.2, 0.25) is 0 Å². The number of hydrogen-bond donors (Lipinski definition) is 0. The molecule has 0 aliphatic rings. The maximum Gasteiger partial charge on any atom is 0.160 e. The van der Waals surface area contributed by atoms with Crippen LogP contribution >= 0.6 is 0 Å². The highest BCUT2D eigenvalue weighted by atomic mass is 16.3. The summed E-state index contributed by atoms with van der Waals surface area (Å²) >= 11 is 0. The first-order valence-corrected chi connectivity index (χ1v) is 17.2. The second kappa shape index (κ2) is 11.9. The van der Waals surface area contributed by atoms with Crippen molar-refractivity contribution < 1.29 is 4.42 Å². The molecule has 0 spiro atoms. The number of nitrogens with zero attached hydrogens (tertiary/aromatic N) is 2. The molecule has 0 radical (unpaired) electrons. The van der Waals surface area contributed by atoms with Crippen molar-refractivity contribution >= 4 is 43.5 Å². The fourth-order valence-corrected chi connectivity index (χ4v) is 7.35. The van der Waals surface area contributed by atoms with Crippen molar-refractivity contribution in [1.29, 1.82) is 0 Å². The lowest BCUT2D eigenvalue weighted by molar-refractivity contribution is 0.669. The molecule has 0 amide bonds. The van der Waals surface area contributed by atoms with Crippen LogP contribution in [-0.4, -0.2) is 9.97 Å². The molecule has 0 atom stereocenters. The molecule has 0 saturated heterocycles. The Kier molecular flexibility index (Phi) is 6.81. The molecule has 0 aliphatic carbocycles. The van der Waals surface area contributed by atoms with E-state index in [0.717, 1.165) is 72.3 Å². The van der Waals surface area contributed by atoms with E-state index in [1.165, 1.54) is 21.5 Å². The summed E-state index contributed by atoms with van der Waals surface area (Å²) in [6.45, 7) is 0. The molecule has 0 N–H and O–H groups in total. The van der Waals surface area contributed by atoms with E-state index < -0.39 is 0 Å². The van der Waals surface area contributed by atoms with Gasteiger partial charge in [-0.25, -0.2) is 9.97 Å². The zero-order valence-corrected chi connectivity index (χ0v) is 27.6. The van der Waals surface area contributed by atoms with Crippen LogP contribution in [0, 0.1) is 0 Å². The second-order valence-corrected chi connectivity index (χ2v) is 13.0. The normalized spacial score (nSPS) is 11.5. The van der Waals surface area contributed by atoms with E-state index in [1.807, 2.05) is 36.4 Å². The topological polar surface area (TPSA) is 38.9 Å². The van der Waals surface area contributed by atoms with Crippen molar-refractivity contribution in [3.8, 4) is 56.2 Å². The fraction of sp³-hybridized carbons (Fsp3) is 0. The summed E-state index contributed by atoms with van der Waals surface area (Å²) in [6.07, 6.45) is 0. The number of furan rings is 1. The van der Waals surface area contributed by atoms with Crippen LogP contribution in [0.5, 0.6) is 0 Å². The summed E-state index contributed by atoms with van der Waals surface area (Å²) in [6, 6.07) is 63.8. The highest BCUT2D eigenvalue weighted by molar-refractivity contribution is 6.23. The van der Waals surface area contributed by atoms with E-state index in [0.29, 0.717) is 5.82 Å². The third-order valence-corrected chi connectivity index (χ3v) is 9.86. The molecule has 2 heterocycles. The van der Waals surface area contributed by atoms with Crippen molar-refractivity contribution in [2.45, 2.75) is 0 Å². The minimum atomic E-state index is 0.697. The van der Waals surface area contributed by atoms with Crippen LogP contribution in [0.3, 0.4) is 0 Å².